The van der Waals surface area contributed by atoms with Gasteiger partial charge in [-0.3, -0.25) is 0 Å². The van der Waals surface area contributed by atoms with Gasteiger partial charge in [-0.2, -0.15) is 0 Å². The zero-order chi connectivity index (χ0) is 15.0. The first-order valence-corrected chi connectivity index (χ1v) is 9.01. The minimum absolute atomic E-state index is 0.0653. The number of sulfone groups is 1. The molecule has 5 heteroatoms. The minimum Gasteiger partial charge on any atom is -0.492 e. The van der Waals surface area contributed by atoms with Crippen molar-refractivity contribution in [2.75, 3.05) is 24.7 Å². The molecule has 0 saturated carbocycles. The third kappa shape index (κ3) is 5.13. The van der Waals surface area contributed by atoms with E-state index in [2.05, 4.69) is 19.2 Å². The average molecular weight is 299 g/mol. The second kappa shape index (κ2) is 8.27. The second-order valence-corrected chi connectivity index (χ2v) is 7.11. The van der Waals surface area contributed by atoms with Crippen LogP contribution in [0, 0.1) is 0 Å². The summed E-state index contributed by atoms with van der Waals surface area (Å²) in [5.41, 5.74) is 1.09. The molecule has 1 aromatic carbocycles. The fourth-order valence-electron chi connectivity index (χ4n) is 2.04. The van der Waals surface area contributed by atoms with Crippen molar-refractivity contribution in [3.63, 3.8) is 0 Å². The normalized spacial score (nSPS) is 13.2. The largest absolute Gasteiger partial charge is 0.492 e. The first-order valence-electron chi connectivity index (χ1n) is 7.19. The SMILES string of the molecule is CCNC(CC)c1ccccc1OCCS(=O)(=O)CC. The number of hydrogen-bond donors (Lipinski definition) is 1. The van der Waals surface area contributed by atoms with Crippen LogP contribution in [-0.4, -0.2) is 33.1 Å². The lowest BCUT2D eigenvalue weighted by Crippen LogP contribution is -2.21. The van der Waals surface area contributed by atoms with Crippen molar-refractivity contribution >= 4 is 9.84 Å². The summed E-state index contributed by atoms with van der Waals surface area (Å²) in [5, 5.41) is 3.41. The van der Waals surface area contributed by atoms with E-state index in [1.807, 2.05) is 24.3 Å². The van der Waals surface area contributed by atoms with Gasteiger partial charge in [-0.15, -0.1) is 0 Å². The Morgan fingerprint density at radius 2 is 1.90 bits per heavy atom. The van der Waals surface area contributed by atoms with E-state index in [-0.39, 0.29) is 24.2 Å². The molecule has 0 radical (unpaired) electrons. The molecule has 1 aromatic rings. The van der Waals surface area contributed by atoms with E-state index in [1.165, 1.54) is 0 Å². The van der Waals surface area contributed by atoms with Crippen LogP contribution < -0.4 is 10.1 Å². The molecule has 0 saturated heterocycles. The molecule has 1 unspecified atom stereocenters. The van der Waals surface area contributed by atoms with Crippen LogP contribution in [0.1, 0.15) is 38.8 Å². The van der Waals surface area contributed by atoms with Crippen molar-refractivity contribution in [3.8, 4) is 5.75 Å². The van der Waals surface area contributed by atoms with Gasteiger partial charge in [0.05, 0.1) is 5.75 Å². The van der Waals surface area contributed by atoms with Crippen molar-refractivity contribution in [1.29, 1.82) is 0 Å². The summed E-state index contributed by atoms with van der Waals surface area (Å²) < 4.78 is 28.6. The Balaban J connectivity index is 2.75. The van der Waals surface area contributed by atoms with Gasteiger partial charge in [0.1, 0.15) is 12.4 Å². The quantitative estimate of drug-likeness (QED) is 0.761. The Kier molecular flexibility index (Phi) is 7.02. The van der Waals surface area contributed by atoms with Gasteiger partial charge in [-0.25, -0.2) is 8.42 Å². The molecule has 0 fully saturated rings. The van der Waals surface area contributed by atoms with E-state index in [9.17, 15) is 8.42 Å². The molecule has 0 aliphatic heterocycles. The zero-order valence-corrected chi connectivity index (χ0v) is 13.4. The number of nitrogens with one attached hydrogen (secondary N) is 1. The molecule has 0 heterocycles. The number of rotatable bonds is 9. The standard InChI is InChI=1S/C15H25NO3S/c1-4-14(16-5-2)13-9-7-8-10-15(13)19-11-12-20(17,18)6-3/h7-10,14,16H,4-6,11-12H2,1-3H3. The van der Waals surface area contributed by atoms with E-state index in [0.717, 1.165) is 24.3 Å². The Morgan fingerprint density at radius 1 is 1.20 bits per heavy atom. The van der Waals surface area contributed by atoms with Crippen LogP contribution in [0.4, 0.5) is 0 Å². The summed E-state index contributed by atoms with van der Waals surface area (Å²) in [6.07, 6.45) is 0.960. The minimum atomic E-state index is -2.98. The second-order valence-electron chi connectivity index (χ2n) is 4.64. The highest BCUT2D eigenvalue weighted by Gasteiger charge is 2.14. The smallest absolute Gasteiger partial charge is 0.153 e. The van der Waals surface area contributed by atoms with Crippen LogP contribution in [0.3, 0.4) is 0 Å². The Hall–Kier alpha value is -1.07. The lowest BCUT2D eigenvalue weighted by Gasteiger charge is -2.20. The van der Waals surface area contributed by atoms with Crippen LogP contribution >= 0.6 is 0 Å². The van der Waals surface area contributed by atoms with Gasteiger partial charge < -0.3 is 10.1 Å². The number of ether oxygens (including phenoxy) is 1. The highest BCUT2D eigenvalue weighted by molar-refractivity contribution is 7.91. The van der Waals surface area contributed by atoms with E-state index in [1.54, 1.807) is 6.92 Å². The fourth-order valence-corrected chi connectivity index (χ4v) is 2.67. The monoisotopic (exact) mass is 299 g/mol. The average Bonchev–Trinajstić information content (AvgIpc) is 2.45. The Morgan fingerprint density at radius 3 is 2.50 bits per heavy atom. The summed E-state index contributed by atoms with van der Waals surface area (Å²) in [6.45, 7) is 6.93. The van der Waals surface area contributed by atoms with Gasteiger partial charge in [0.2, 0.25) is 0 Å². The third-order valence-electron chi connectivity index (χ3n) is 3.24. The van der Waals surface area contributed by atoms with Gasteiger partial charge in [0.25, 0.3) is 0 Å². The molecule has 0 spiro atoms. The molecule has 0 aliphatic carbocycles. The topological polar surface area (TPSA) is 55.4 Å². The summed E-state index contributed by atoms with van der Waals surface area (Å²) in [5.74, 6) is 0.995. The predicted molar refractivity (Wildman–Crippen MR) is 83.0 cm³/mol. The molecular weight excluding hydrogens is 274 g/mol. The van der Waals surface area contributed by atoms with Crippen LogP contribution in [0.15, 0.2) is 24.3 Å². The molecule has 0 bridgehead atoms. The summed E-state index contributed by atoms with van der Waals surface area (Å²) in [7, 11) is -2.98. The van der Waals surface area contributed by atoms with Crippen LogP contribution in [-0.2, 0) is 9.84 Å². The van der Waals surface area contributed by atoms with Crippen molar-refractivity contribution in [3.05, 3.63) is 29.8 Å². The Bertz CT molecular complexity index is 500. The van der Waals surface area contributed by atoms with Gasteiger partial charge >= 0.3 is 0 Å². The summed E-state index contributed by atoms with van der Waals surface area (Å²) >= 11 is 0. The molecule has 0 aromatic heterocycles. The summed E-state index contributed by atoms with van der Waals surface area (Å²) in [4.78, 5) is 0. The molecule has 1 N–H and O–H groups in total. The Labute approximate surface area is 122 Å². The van der Waals surface area contributed by atoms with Crippen molar-refractivity contribution in [2.45, 2.75) is 33.2 Å². The molecule has 20 heavy (non-hydrogen) atoms. The molecule has 1 rings (SSSR count). The van der Waals surface area contributed by atoms with Crippen LogP contribution in [0.2, 0.25) is 0 Å². The van der Waals surface area contributed by atoms with E-state index in [0.29, 0.717) is 0 Å². The highest BCUT2D eigenvalue weighted by Crippen LogP contribution is 2.27. The number of benzene rings is 1. The lowest BCUT2D eigenvalue weighted by atomic mass is 10.0. The third-order valence-corrected chi connectivity index (χ3v) is 4.91. The summed E-state index contributed by atoms with van der Waals surface area (Å²) in [6, 6.07) is 8.05. The van der Waals surface area contributed by atoms with E-state index < -0.39 is 9.84 Å². The number of para-hydroxylation sites is 1. The highest BCUT2D eigenvalue weighted by atomic mass is 32.2. The van der Waals surface area contributed by atoms with Gasteiger partial charge in [0, 0.05) is 17.4 Å². The molecule has 114 valence electrons. The van der Waals surface area contributed by atoms with Gasteiger partial charge in [-0.05, 0) is 19.0 Å². The van der Waals surface area contributed by atoms with Crippen LogP contribution in [0.5, 0.6) is 5.75 Å². The maximum Gasteiger partial charge on any atom is 0.153 e. The molecule has 0 amide bonds. The van der Waals surface area contributed by atoms with E-state index >= 15 is 0 Å². The number of hydrogen-bond acceptors (Lipinski definition) is 4. The lowest BCUT2D eigenvalue weighted by molar-refractivity contribution is 0.331. The predicted octanol–water partition coefficient (Wildman–Crippen LogP) is 2.56. The first kappa shape index (κ1) is 17.0. The van der Waals surface area contributed by atoms with Gasteiger partial charge in [-0.1, -0.05) is 39.0 Å². The van der Waals surface area contributed by atoms with Crippen molar-refractivity contribution in [2.24, 2.45) is 0 Å². The zero-order valence-electron chi connectivity index (χ0n) is 12.6. The first-order chi connectivity index (χ1) is 9.54. The van der Waals surface area contributed by atoms with E-state index in [4.69, 9.17) is 4.74 Å². The maximum absolute atomic E-state index is 11.5. The molecule has 1 atom stereocenters. The molecule has 0 aliphatic rings. The molecule has 4 nitrogen and oxygen atoms in total. The van der Waals surface area contributed by atoms with Crippen molar-refractivity contribution < 1.29 is 13.2 Å². The van der Waals surface area contributed by atoms with Crippen molar-refractivity contribution in [1.82, 2.24) is 5.32 Å². The fraction of sp³-hybridized carbons (Fsp3) is 0.600. The van der Waals surface area contributed by atoms with Crippen LogP contribution in [0.25, 0.3) is 0 Å². The molecular formula is C15H25NO3S. The maximum atomic E-state index is 11.5. The van der Waals surface area contributed by atoms with Gasteiger partial charge in [0.15, 0.2) is 9.84 Å².